The average molecular weight is 563 g/mol. The molecule has 208 valence electrons. The number of nitrogens with one attached hydrogen (secondary N) is 1. The minimum atomic E-state index is -4.93. The summed E-state index contributed by atoms with van der Waals surface area (Å²) in [5, 5.41) is 4.29. The number of H-pyrrole nitrogens is 1. The third-order valence-corrected chi connectivity index (χ3v) is 6.22. The molecule has 10 nitrogen and oxygen atoms in total. The Morgan fingerprint density at radius 3 is 2.65 bits per heavy atom. The van der Waals surface area contributed by atoms with Gasteiger partial charge in [-0.25, -0.2) is 9.67 Å². The van der Waals surface area contributed by atoms with E-state index < -0.39 is 36.4 Å². The van der Waals surface area contributed by atoms with Crippen LogP contribution >= 0.6 is 0 Å². The van der Waals surface area contributed by atoms with Gasteiger partial charge in [-0.15, -0.1) is 22.0 Å². The van der Waals surface area contributed by atoms with Crippen molar-refractivity contribution in [2.75, 3.05) is 4.90 Å². The summed E-state index contributed by atoms with van der Waals surface area (Å²) in [5.74, 6) is -1.49. The summed E-state index contributed by atoms with van der Waals surface area (Å²) >= 11 is 0. The Hall–Kier alpha value is -4.69. The second kappa shape index (κ2) is 8.93. The molecule has 6 rings (SSSR count). The number of hydrogen-bond donors (Lipinski definition) is 1. The number of imidazole rings is 1. The van der Waals surface area contributed by atoms with Gasteiger partial charge in [0.1, 0.15) is 29.0 Å². The average Bonchev–Trinajstić information content (AvgIpc) is 3.44. The van der Waals surface area contributed by atoms with Crippen molar-refractivity contribution in [3.63, 3.8) is 0 Å². The zero-order valence-electron chi connectivity index (χ0n) is 20.5. The van der Waals surface area contributed by atoms with Crippen LogP contribution in [-0.2, 0) is 11.3 Å². The summed E-state index contributed by atoms with van der Waals surface area (Å²) in [5.41, 5.74) is 0.287. The SMILES string of the molecule is Cc1cc(OC(F)(F)F)cc(-c2nn(CC(=O)N(c3ccc4c(c3)OC(F)(F)O4)C3CC3)c(=O)c3[nH]cnc23)c1. The van der Waals surface area contributed by atoms with E-state index in [0.717, 1.165) is 10.7 Å². The molecule has 1 amide bonds. The highest BCUT2D eigenvalue weighted by molar-refractivity contribution is 5.95. The van der Waals surface area contributed by atoms with E-state index in [9.17, 15) is 31.5 Å². The summed E-state index contributed by atoms with van der Waals surface area (Å²) in [4.78, 5) is 34.8. The van der Waals surface area contributed by atoms with Crippen molar-refractivity contribution >= 4 is 22.6 Å². The van der Waals surface area contributed by atoms with E-state index in [4.69, 9.17) is 0 Å². The lowest BCUT2D eigenvalue weighted by molar-refractivity contribution is -0.286. The number of nitrogens with zero attached hydrogens (tertiary/aromatic N) is 4. The number of aryl methyl sites for hydroxylation is 1. The minimum Gasteiger partial charge on any atom is -0.406 e. The van der Waals surface area contributed by atoms with Gasteiger partial charge in [-0.3, -0.25) is 9.59 Å². The number of aromatic amines is 1. The topological polar surface area (TPSA) is 112 Å². The maximum absolute atomic E-state index is 13.5. The molecule has 3 heterocycles. The van der Waals surface area contributed by atoms with E-state index in [0.29, 0.717) is 18.4 Å². The Bertz CT molecular complexity index is 1710. The molecule has 2 aromatic heterocycles. The summed E-state index contributed by atoms with van der Waals surface area (Å²) in [6.45, 7) is 1.00. The van der Waals surface area contributed by atoms with Crippen molar-refractivity contribution in [1.82, 2.24) is 19.7 Å². The second-order valence-corrected chi connectivity index (χ2v) is 9.31. The number of benzene rings is 2. The van der Waals surface area contributed by atoms with Gasteiger partial charge in [0.25, 0.3) is 5.56 Å². The van der Waals surface area contributed by atoms with Crippen LogP contribution in [0.25, 0.3) is 22.3 Å². The number of carbonyl (C=O) groups excluding carboxylic acids is 1. The molecule has 4 aromatic rings. The number of rotatable bonds is 6. The monoisotopic (exact) mass is 563 g/mol. The quantitative estimate of drug-likeness (QED) is 0.344. The first-order valence-corrected chi connectivity index (χ1v) is 11.9. The number of alkyl halides is 5. The van der Waals surface area contributed by atoms with E-state index >= 15 is 0 Å². The molecular weight excluding hydrogens is 545 g/mol. The molecule has 0 saturated heterocycles. The zero-order valence-corrected chi connectivity index (χ0v) is 20.5. The molecule has 1 N–H and O–H groups in total. The maximum atomic E-state index is 13.5. The summed E-state index contributed by atoms with van der Waals surface area (Å²) in [7, 11) is 0. The molecule has 2 aliphatic rings. The van der Waals surface area contributed by atoms with Gasteiger partial charge in [-0.2, -0.15) is 5.10 Å². The molecule has 0 bridgehead atoms. The first-order chi connectivity index (χ1) is 18.9. The highest BCUT2D eigenvalue weighted by Gasteiger charge is 2.44. The number of amides is 1. The highest BCUT2D eigenvalue weighted by Crippen LogP contribution is 2.44. The van der Waals surface area contributed by atoms with Crippen LogP contribution in [-0.4, -0.2) is 44.4 Å². The lowest BCUT2D eigenvalue weighted by atomic mass is 10.1. The number of hydrogen-bond acceptors (Lipinski definition) is 7. The van der Waals surface area contributed by atoms with Gasteiger partial charge in [0.2, 0.25) is 5.91 Å². The number of anilines is 1. The van der Waals surface area contributed by atoms with Crippen molar-refractivity contribution in [1.29, 1.82) is 0 Å². The smallest absolute Gasteiger partial charge is 0.406 e. The summed E-state index contributed by atoms with van der Waals surface area (Å²) < 4.78 is 79.5. The molecule has 1 aliphatic heterocycles. The normalized spacial score (nSPS) is 15.8. The van der Waals surface area contributed by atoms with Crippen LogP contribution in [0.3, 0.4) is 0 Å². The van der Waals surface area contributed by atoms with Crippen LogP contribution < -0.4 is 24.7 Å². The number of aromatic nitrogens is 4. The molecule has 15 heteroatoms. The number of fused-ring (bicyclic) bond motifs is 2. The highest BCUT2D eigenvalue weighted by atomic mass is 19.4. The Balaban J connectivity index is 1.37. The van der Waals surface area contributed by atoms with Crippen molar-refractivity contribution in [3.05, 3.63) is 58.6 Å². The van der Waals surface area contributed by atoms with Gasteiger partial charge < -0.3 is 24.1 Å². The van der Waals surface area contributed by atoms with Crippen LogP contribution in [0.1, 0.15) is 18.4 Å². The Morgan fingerprint density at radius 2 is 1.93 bits per heavy atom. The van der Waals surface area contributed by atoms with Crippen LogP contribution in [0.2, 0.25) is 0 Å². The van der Waals surface area contributed by atoms with E-state index in [-0.39, 0.29) is 45.5 Å². The summed E-state index contributed by atoms with van der Waals surface area (Å²) in [6, 6.07) is 7.52. The lowest BCUT2D eigenvalue weighted by Gasteiger charge is -2.23. The first-order valence-electron chi connectivity index (χ1n) is 11.9. The number of halogens is 5. The fourth-order valence-corrected chi connectivity index (χ4v) is 4.54. The Morgan fingerprint density at radius 1 is 1.18 bits per heavy atom. The van der Waals surface area contributed by atoms with Gasteiger partial charge >= 0.3 is 12.7 Å². The van der Waals surface area contributed by atoms with E-state index in [1.54, 1.807) is 6.92 Å². The van der Waals surface area contributed by atoms with Gasteiger partial charge in [0.15, 0.2) is 11.5 Å². The lowest BCUT2D eigenvalue weighted by Crippen LogP contribution is -2.39. The molecule has 40 heavy (non-hydrogen) atoms. The van der Waals surface area contributed by atoms with Crippen molar-refractivity contribution < 1.29 is 41.0 Å². The maximum Gasteiger partial charge on any atom is 0.586 e. The van der Waals surface area contributed by atoms with E-state index in [2.05, 4.69) is 29.3 Å². The fraction of sp³-hybridized carbons (Fsp3) is 0.280. The molecule has 1 saturated carbocycles. The molecule has 0 unspecified atom stereocenters. The van der Waals surface area contributed by atoms with Crippen LogP contribution in [0.15, 0.2) is 47.5 Å². The van der Waals surface area contributed by atoms with E-state index in [1.165, 1.54) is 41.6 Å². The van der Waals surface area contributed by atoms with Gasteiger partial charge in [0.05, 0.1) is 6.33 Å². The molecular formula is C25H18F5N5O5. The second-order valence-electron chi connectivity index (χ2n) is 9.31. The van der Waals surface area contributed by atoms with Crippen molar-refractivity contribution in [2.24, 2.45) is 0 Å². The number of ether oxygens (including phenoxy) is 3. The third kappa shape index (κ3) is 4.89. The summed E-state index contributed by atoms with van der Waals surface area (Å²) in [6.07, 6.45) is -6.24. The largest absolute Gasteiger partial charge is 0.586 e. The number of carbonyl (C=O) groups is 1. The molecule has 0 radical (unpaired) electrons. The van der Waals surface area contributed by atoms with Crippen LogP contribution in [0.5, 0.6) is 17.2 Å². The Kier molecular flexibility index (Phi) is 5.71. The predicted octanol–water partition coefficient (Wildman–Crippen LogP) is 4.51. The van der Waals surface area contributed by atoms with Crippen LogP contribution in [0.4, 0.5) is 27.6 Å². The molecule has 2 aromatic carbocycles. The van der Waals surface area contributed by atoms with Gasteiger partial charge in [-0.1, -0.05) is 0 Å². The molecule has 0 atom stereocenters. The van der Waals surface area contributed by atoms with Crippen LogP contribution in [0, 0.1) is 6.92 Å². The molecule has 1 aliphatic carbocycles. The first kappa shape index (κ1) is 25.6. The standard InChI is InChI=1S/C25H18F5N5O5/c1-12-6-13(8-16(7-12)38-24(26,27)28)20-21-22(32-11-31-21)23(37)34(33-20)10-19(36)35(14-2-3-14)15-4-5-17-18(9-15)40-25(29,30)39-17/h4-9,11,14H,2-3,10H2,1H3,(H,31,32). The third-order valence-electron chi connectivity index (χ3n) is 6.22. The molecule has 0 spiro atoms. The minimum absolute atomic E-state index is 0.0131. The van der Waals surface area contributed by atoms with Gasteiger partial charge in [0, 0.05) is 23.4 Å². The van der Waals surface area contributed by atoms with E-state index in [1.807, 2.05) is 0 Å². The molecule has 1 fully saturated rings. The fourth-order valence-electron chi connectivity index (χ4n) is 4.54. The van der Waals surface area contributed by atoms with Gasteiger partial charge in [-0.05, 0) is 55.7 Å². The zero-order chi connectivity index (χ0) is 28.4. The predicted molar refractivity (Wildman–Crippen MR) is 128 cm³/mol. The Labute approximate surface area is 220 Å². The van der Waals surface area contributed by atoms with Crippen molar-refractivity contribution in [2.45, 2.75) is 45.0 Å². The van der Waals surface area contributed by atoms with Crippen molar-refractivity contribution in [3.8, 4) is 28.5 Å².